The molecule has 0 radical (unpaired) electrons. The molecule has 5 rings (SSSR count). The van der Waals surface area contributed by atoms with Crippen LogP contribution in [0.15, 0.2) is 58.3 Å². The number of fused-ring (bicyclic) bond motifs is 1. The molecule has 2 N–H and O–H groups in total. The molecule has 1 fully saturated rings. The van der Waals surface area contributed by atoms with Gasteiger partial charge in [0.1, 0.15) is 17.4 Å². The van der Waals surface area contributed by atoms with Gasteiger partial charge in [0.25, 0.3) is 11.5 Å². The van der Waals surface area contributed by atoms with Crippen LogP contribution in [0.3, 0.4) is 0 Å². The maximum absolute atomic E-state index is 14.0. The Bertz CT molecular complexity index is 1690. The number of phenols is 1. The predicted molar refractivity (Wildman–Crippen MR) is 128 cm³/mol. The largest absolute Gasteiger partial charge is 0.507 e. The molecule has 0 unspecified atom stereocenters. The Morgan fingerprint density at radius 2 is 1.66 bits per heavy atom. The summed E-state index contributed by atoms with van der Waals surface area (Å²) in [5.41, 5.74) is -2.02. The van der Waals surface area contributed by atoms with E-state index in [1.54, 1.807) is 0 Å². The van der Waals surface area contributed by atoms with E-state index < -0.39 is 52.2 Å². The topological polar surface area (TPSA) is 106 Å². The Morgan fingerprint density at radius 1 is 0.921 bits per heavy atom. The van der Waals surface area contributed by atoms with Crippen molar-refractivity contribution in [3.8, 4) is 11.4 Å². The fourth-order valence-corrected chi connectivity index (χ4v) is 4.80. The Kier molecular flexibility index (Phi) is 6.47. The molecule has 2 heterocycles. The van der Waals surface area contributed by atoms with E-state index in [0.717, 1.165) is 57.8 Å². The molecular weight excluding hydrogens is 508 g/mol. The quantitative estimate of drug-likeness (QED) is 0.393. The highest BCUT2D eigenvalue weighted by Gasteiger charge is 2.28. The van der Waals surface area contributed by atoms with E-state index in [0.29, 0.717) is 12.8 Å². The number of nitrogens with zero attached hydrogens (tertiary/aromatic N) is 3. The summed E-state index contributed by atoms with van der Waals surface area (Å²) < 4.78 is 56.7. The van der Waals surface area contributed by atoms with Gasteiger partial charge in [0.2, 0.25) is 0 Å². The molecule has 1 aliphatic carbocycles. The summed E-state index contributed by atoms with van der Waals surface area (Å²) in [4.78, 5) is 43.2. The van der Waals surface area contributed by atoms with Crippen LogP contribution < -0.4 is 16.6 Å². The van der Waals surface area contributed by atoms with E-state index >= 15 is 0 Å². The predicted octanol–water partition coefficient (Wildman–Crippen LogP) is 3.72. The minimum atomic E-state index is -1.22. The molecule has 0 bridgehead atoms. The number of rotatable bonds is 4. The molecule has 2 aromatic carbocycles. The van der Waals surface area contributed by atoms with Crippen molar-refractivity contribution in [3.63, 3.8) is 0 Å². The monoisotopic (exact) mass is 528 g/mol. The summed E-state index contributed by atoms with van der Waals surface area (Å²) in [7, 11) is 0. The first-order chi connectivity index (χ1) is 18.1. The first kappa shape index (κ1) is 25.2. The van der Waals surface area contributed by atoms with Gasteiger partial charge < -0.3 is 10.4 Å². The molecule has 0 spiro atoms. The Labute approximate surface area is 211 Å². The molecule has 4 aromatic rings. The van der Waals surface area contributed by atoms with Crippen molar-refractivity contribution in [1.82, 2.24) is 19.4 Å². The lowest BCUT2D eigenvalue weighted by Crippen LogP contribution is -2.45. The Balaban J connectivity index is 1.47. The van der Waals surface area contributed by atoms with Gasteiger partial charge in [0.15, 0.2) is 17.3 Å². The van der Waals surface area contributed by atoms with Crippen LogP contribution in [0, 0.1) is 23.3 Å². The van der Waals surface area contributed by atoms with Crippen molar-refractivity contribution in [3.05, 3.63) is 98.3 Å². The van der Waals surface area contributed by atoms with Crippen LogP contribution in [-0.4, -0.2) is 31.2 Å². The molecule has 2 aromatic heterocycles. The minimum absolute atomic E-state index is 0.0909. The molecule has 0 saturated heterocycles. The number of halogens is 4. The van der Waals surface area contributed by atoms with E-state index in [2.05, 4.69) is 10.3 Å². The fourth-order valence-electron chi connectivity index (χ4n) is 4.80. The number of carbonyl (C=O) groups excluding carboxylic acids is 1. The molecule has 8 nitrogen and oxygen atoms in total. The first-order valence-electron chi connectivity index (χ1n) is 11.7. The lowest BCUT2D eigenvalue weighted by molar-refractivity contribution is 0.0919. The number of benzene rings is 2. The molecular formula is C26H20F4N4O4. The SMILES string of the molecule is O=C(NC1CCC(n2c(=O)c3cc(F)cnc3n(-c3ccc(F)c(F)c3)c2=O)CC1)c1ccc(F)cc1O. The average Bonchev–Trinajstić information content (AvgIpc) is 2.87. The molecule has 1 amide bonds. The second-order valence-electron chi connectivity index (χ2n) is 9.06. The highest BCUT2D eigenvalue weighted by molar-refractivity contribution is 5.96. The van der Waals surface area contributed by atoms with Crippen molar-refractivity contribution in [2.24, 2.45) is 0 Å². The third-order valence-corrected chi connectivity index (χ3v) is 6.65. The number of phenolic OH excluding ortho intramolecular Hbond substituents is 1. The van der Waals surface area contributed by atoms with Gasteiger partial charge in [-0.2, -0.15) is 0 Å². The molecule has 1 aliphatic rings. The molecule has 1 saturated carbocycles. The third kappa shape index (κ3) is 4.53. The van der Waals surface area contributed by atoms with Gasteiger partial charge in [0.05, 0.1) is 22.8 Å². The highest BCUT2D eigenvalue weighted by Crippen LogP contribution is 2.28. The highest BCUT2D eigenvalue weighted by atomic mass is 19.2. The summed E-state index contributed by atoms with van der Waals surface area (Å²) in [6.45, 7) is 0. The zero-order valence-corrected chi connectivity index (χ0v) is 19.6. The van der Waals surface area contributed by atoms with E-state index in [9.17, 15) is 37.1 Å². The minimum Gasteiger partial charge on any atom is -0.507 e. The maximum atomic E-state index is 14.0. The Morgan fingerprint density at radius 3 is 2.34 bits per heavy atom. The lowest BCUT2D eigenvalue weighted by atomic mass is 9.90. The number of hydrogen-bond donors (Lipinski definition) is 2. The third-order valence-electron chi connectivity index (χ3n) is 6.65. The van der Waals surface area contributed by atoms with Crippen molar-refractivity contribution in [1.29, 1.82) is 0 Å². The smallest absolute Gasteiger partial charge is 0.337 e. The normalized spacial score (nSPS) is 17.5. The molecule has 12 heteroatoms. The van der Waals surface area contributed by atoms with Gasteiger partial charge in [-0.3, -0.25) is 14.2 Å². The van der Waals surface area contributed by atoms with Crippen LogP contribution in [0.4, 0.5) is 17.6 Å². The number of nitrogens with one attached hydrogen (secondary N) is 1. The van der Waals surface area contributed by atoms with E-state index in [-0.39, 0.29) is 41.2 Å². The summed E-state index contributed by atoms with van der Waals surface area (Å²) in [6.07, 6.45) is 2.08. The maximum Gasteiger partial charge on any atom is 0.337 e. The zero-order chi connectivity index (χ0) is 27.1. The van der Waals surface area contributed by atoms with Gasteiger partial charge in [0, 0.05) is 24.2 Å². The van der Waals surface area contributed by atoms with Crippen molar-refractivity contribution < 1.29 is 27.5 Å². The van der Waals surface area contributed by atoms with Crippen LogP contribution in [0.5, 0.6) is 5.75 Å². The van der Waals surface area contributed by atoms with Crippen LogP contribution in [0.2, 0.25) is 0 Å². The van der Waals surface area contributed by atoms with Crippen LogP contribution in [-0.2, 0) is 0 Å². The van der Waals surface area contributed by atoms with E-state index in [4.69, 9.17) is 0 Å². The van der Waals surface area contributed by atoms with E-state index in [1.165, 1.54) is 0 Å². The second kappa shape index (κ2) is 9.77. The van der Waals surface area contributed by atoms with Gasteiger partial charge in [-0.25, -0.2) is 31.9 Å². The van der Waals surface area contributed by atoms with E-state index in [1.807, 2.05) is 0 Å². The first-order valence-corrected chi connectivity index (χ1v) is 11.7. The summed E-state index contributed by atoms with van der Waals surface area (Å²) >= 11 is 0. The van der Waals surface area contributed by atoms with Gasteiger partial charge in [-0.1, -0.05) is 0 Å². The van der Waals surface area contributed by atoms with Gasteiger partial charge in [-0.05, 0) is 56.0 Å². The van der Waals surface area contributed by atoms with Crippen LogP contribution in [0.1, 0.15) is 42.1 Å². The number of aromatic hydroxyl groups is 1. The van der Waals surface area contributed by atoms with Crippen LogP contribution in [0.25, 0.3) is 16.7 Å². The summed E-state index contributed by atoms with van der Waals surface area (Å²) in [6, 6.07) is 5.74. The molecule has 38 heavy (non-hydrogen) atoms. The van der Waals surface area contributed by atoms with Crippen molar-refractivity contribution >= 4 is 16.9 Å². The van der Waals surface area contributed by atoms with Gasteiger partial charge in [-0.15, -0.1) is 0 Å². The van der Waals surface area contributed by atoms with Crippen LogP contribution >= 0.6 is 0 Å². The molecule has 0 atom stereocenters. The number of hydrogen-bond acceptors (Lipinski definition) is 5. The average molecular weight is 528 g/mol. The molecule has 196 valence electrons. The van der Waals surface area contributed by atoms with Gasteiger partial charge >= 0.3 is 5.69 Å². The fraction of sp³-hybridized carbons (Fsp3) is 0.231. The number of pyridine rings is 1. The molecule has 0 aliphatic heterocycles. The van der Waals surface area contributed by atoms with Crippen molar-refractivity contribution in [2.75, 3.05) is 0 Å². The standard InChI is InChI=1S/C26H20F4N4O4/c27-13-1-7-18(22(35)10-13)24(36)32-15-2-4-16(5-3-15)34-25(37)19-9-14(28)12-31-23(19)33(26(34)38)17-6-8-20(29)21(30)11-17/h1,6-12,15-16,35H,2-5H2,(H,32,36). The van der Waals surface area contributed by atoms with Crippen molar-refractivity contribution in [2.45, 2.75) is 37.8 Å². The number of amides is 1. The summed E-state index contributed by atoms with van der Waals surface area (Å²) in [5.74, 6) is -4.95. The number of carbonyl (C=O) groups is 1. The number of aromatic nitrogens is 3. The Hall–Kier alpha value is -4.48. The lowest BCUT2D eigenvalue weighted by Gasteiger charge is -2.30. The second-order valence-corrected chi connectivity index (χ2v) is 9.06. The summed E-state index contributed by atoms with van der Waals surface area (Å²) in [5, 5.41) is 12.4. The zero-order valence-electron chi connectivity index (χ0n) is 19.6.